The van der Waals surface area contributed by atoms with Crippen LogP contribution in [-0.2, 0) is 4.43 Å². The topological polar surface area (TPSA) is 9.23 Å². The Balaban J connectivity index is 2.02. The van der Waals surface area contributed by atoms with E-state index in [0.717, 1.165) is 6.61 Å². The predicted octanol–water partition coefficient (Wildman–Crippen LogP) is 1.01. The highest BCUT2D eigenvalue weighted by atomic mass is 29.2. The Morgan fingerprint density at radius 3 is 3.10 bits per heavy atom. The maximum Gasteiger partial charge on any atom is 0.147 e. The summed E-state index contributed by atoms with van der Waals surface area (Å²) >= 11 is 0. The average Bonchev–Trinajstić information content (AvgIpc) is 2.03. The minimum absolute atomic E-state index is 0.0410. The number of unbranched alkanes of at least 4 members (excludes halogenated alkanes) is 1. The van der Waals surface area contributed by atoms with Crippen LogP contribution in [0.15, 0.2) is 0 Å². The highest BCUT2D eigenvalue weighted by Gasteiger charge is 2.14. The molecule has 0 spiro atoms. The lowest BCUT2D eigenvalue weighted by Gasteiger charge is -2.19. The number of rotatable bonds is 3. The summed E-state index contributed by atoms with van der Waals surface area (Å²) < 4.78 is 5.58. The zero-order valence-corrected chi connectivity index (χ0v) is 9.50. The second-order valence-corrected chi connectivity index (χ2v) is 11.3. The monoisotopic (exact) mass is 174 g/mol. The Bertz CT molecular complexity index is 81.7. The maximum absolute atomic E-state index is 5.58. The molecule has 1 nitrogen and oxygen atoms in total. The molecular formula is C7H18OSi2. The van der Waals surface area contributed by atoms with Gasteiger partial charge in [0.15, 0.2) is 0 Å². The van der Waals surface area contributed by atoms with E-state index in [-0.39, 0.29) is 17.6 Å². The third kappa shape index (κ3) is 2.99. The van der Waals surface area contributed by atoms with Gasteiger partial charge in [-0.1, -0.05) is 31.9 Å². The second kappa shape index (κ2) is 5.10. The lowest BCUT2D eigenvalue weighted by atomic mass is 10.4. The first-order chi connectivity index (χ1) is 4.93. The van der Waals surface area contributed by atoms with E-state index in [1.807, 2.05) is 0 Å². The predicted molar refractivity (Wildman–Crippen MR) is 50.8 cm³/mol. The third-order valence-electron chi connectivity index (χ3n) is 2.22. The molecule has 1 heterocycles. The molecule has 60 valence electrons. The lowest BCUT2D eigenvalue weighted by molar-refractivity contribution is 0.335. The van der Waals surface area contributed by atoms with E-state index in [0.29, 0.717) is 0 Å². The first-order valence-corrected chi connectivity index (χ1v) is 9.99. The molecule has 0 bridgehead atoms. The highest BCUT2D eigenvalue weighted by Crippen LogP contribution is 2.11. The molecule has 0 saturated carbocycles. The van der Waals surface area contributed by atoms with Gasteiger partial charge in [-0.3, -0.25) is 0 Å². The number of hydrogen-bond acceptors (Lipinski definition) is 1. The van der Waals surface area contributed by atoms with E-state index in [1.165, 1.54) is 19.3 Å². The minimum Gasteiger partial charge on any atom is -0.428 e. The van der Waals surface area contributed by atoms with Crippen molar-refractivity contribution in [2.45, 2.75) is 38.3 Å². The van der Waals surface area contributed by atoms with Gasteiger partial charge in [-0.15, -0.1) is 0 Å². The molecule has 0 aromatic rings. The summed E-state index contributed by atoms with van der Waals surface area (Å²) in [5, 5.41) is 0. The fraction of sp³-hybridized carbons (Fsp3) is 1.00. The Morgan fingerprint density at radius 2 is 2.50 bits per heavy atom. The summed E-state index contributed by atoms with van der Waals surface area (Å²) in [7, 11) is -0.186. The summed E-state index contributed by atoms with van der Waals surface area (Å²) in [6, 6.07) is 3.19. The Kier molecular flexibility index (Phi) is 4.33. The molecule has 0 N–H and O–H groups in total. The van der Waals surface area contributed by atoms with E-state index in [2.05, 4.69) is 6.92 Å². The van der Waals surface area contributed by atoms with Gasteiger partial charge in [0.1, 0.15) is 9.28 Å². The van der Waals surface area contributed by atoms with Gasteiger partial charge in [0.25, 0.3) is 0 Å². The molecule has 0 amide bonds. The molecule has 1 aliphatic heterocycles. The summed E-state index contributed by atoms with van der Waals surface area (Å²) in [6.45, 7) is 3.39. The zero-order chi connectivity index (χ0) is 7.23. The Hall–Kier alpha value is 0.394. The lowest BCUT2D eigenvalue weighted by Crippen LogP contribution is -2.29. The molecule has 0 aromatic carbocycles. The summed E-state index contributed by atoms with van der Waals surface area (Å²) in [5.74, 6) is 0. The molecular weight excluding hydrogens is 156 g/mol. The smallest absolute Gasteiger partial charge is 0.147 e. The van der Waals surface area contributed by atoms with Crippen molar-refractivity contribution in [3.05, 3.63) is 0 Å². The molecule has 0 radical (unpaired) electrons. The second-order valence-electron chi connectivity index (χ2n) is 3.23. The van der Waals surface area contributed by atoms with E-state index in [9.17, 15) is 0 Å². The zero-order valence-electron chi connectivity index (χ0n) is 6.94. The van der Waals surface area contributed by atoms with E-state index in [4.69, 9.17) is 4.43 Å². The van der Waals surface area contributed by atoms with Gasteiger partial charge < -0.3 is 4.43 Å². The summed E-state index contributed by atoms with van der Waals surface area (Å²) in [4.78, 5) is 0. The van der Waals surface area contributed by atoms with Crippen LogP contribution in [0, 0.1) is 0 Å². The molecule has 3 heteroatoms. The van der Waals surface area contributed by atoms with Crippen LogP contribution in [0.2, 0.25) is 12.1 Å². The van der Waals surface area contributed by atoms with E-state index >= 15 is 0 Å². The SMILES string of the molecule is CCCC[SiH]1CCCO[SiH2]1. The molecule has 0 aromatic heterocycles. The first-order valence-electron chi connectivity index (χ1n) is 4.51. The van der Waals surface area contributed by atoms with Crippen molar-refractivity contribution < 1.29 is 4.43 Å². The molecule has 1 atom stereocenters. The van der Waals surface area contributed by atoms with Crippen molar-refractivity contribution in [2.75, 3.05) is 6.61 Å². The van der Waals surface area contributed by atoms with Crippen LogP contribution in [0.1, 0.15) is 26.2 Å². The molecule has 1 saturated heterocycles. The average molecular weight is 174 g/mol. The Labute approximate surface area is 67.5 Å². The quantitative estimate of drug-likeness (QED) is 0.580. The van der Waals surface area contributed by atoms with Gasteiger partial charge in [-0.25, -0.2) is 0 Å². The van der Waals surface area contributed by atoms with E-state index in [1.54, 1.807) is 12.1 Å². The van der Waals surface area contributed by atoms with Crippen LogP contribution in [0.5, 0.6) is 0 Å². The van der Waals surface area contributed by atoms with Crippen molar-refractivity contribution >= 4 is 17.6 Å². The third-order valence-corrected chi connectivity index (χ3v) is 10.2. The molecule has 10 heavy (non-hydrogen) atoms. The van der Waals surface area contributed by atoms with Gasteiger partial charge in [0.2, 0.25) is 0 Å². The molecule has 1 fully saturated rings. The molecule has 1 rings (SSSR count). The fourth-order valence-electron chi connectivity index (χ4n) is 1.53. The first kappa shape index (κ1) is 8.49. The molecule has 1 aliphatic rings. The fourth-order valence-corrected chi connectivity index (χ4v) is 8.82. The highest BCUT2D eigenvalue weighted by molar-refractivity contribution is 7.10. The maximum atomic E-state index is 5.58. The van der Waals surface area contributed by atoms with Gasteiger partial charge in [-0.05, 0) is 6.42 Å². The van der Waals surface area contributed by atoms with Gasteiger partial charge in [-0.2, -0.15) is 0 Å². The van der Waals surface area contributed by atoms with Crippen molar-refractivity contribution in [1.82, 2.24) is 0 Å². The van der Waals surface area contributed by atoms with Crippen LogP contribution in [0.3, 0.4) is 0 Å². The van der Waals surface area contributed by atoms with Crippen molar-refractivity contribution in [1.29, 1.82) is 0 Å². The van der Waals surface area contributed by atoms with Gasteiger partial charge in [0, 0.05) is 6.61 Å². The number of hydrogen-bond donors (Lipinski definition) is 0. The Morgan fingerprint density at radius 1 is 1.60 bits per heavy atom. The normalized spacial score (nSPS) is 29.1. The minimum atomic E-state index is -0.227. The standard InChI is InChI=1S/C7H18OSi2/c1-2-3-6-10-7-4-5-8-9-10/h10H,2-7,9H2,1H3. The molecule has 1 unspecified atom stereocenters. The van der Waals surface area contributed by atoms with Gasteiger partial charge in [0.05, 0.1) is 8.31 Å². The van der Waals surface area contributed by atoms with Crippen LogP contribution < -0.4 is 0 Å². The summed E-state index contributed by atoms with van der Waals surface area (Å²) in [5.41, 5.74) is 0. The van der Waals surface area contributed by atoms with Gasteiger partial charge >= 0.3 is 0 Å². The van der Waals surface area contributed by atoms with Crippen LogP contribution in [-0.4, -0.2) is 24.2 Å². The van der Waals surface area contributed by atoms with Crippen LogP contribution in [0.25, 0.3) is 0 Å². The van der Waals surface area contributed by atoms with Crippen molar-refractivity contribution in [2.24, 2.45) is 0 Å². The van der Waals surface area contributed by atoms with Crippen LogP contribution in [0.4, 0.5) is 0 Å². The largest absolute Gasteiger partial charge is 0.428 e. The molecule has 0 aliphatic carbocycles. The van der Waals surface area contributed by atoms with Crippen LogP contribution >= 0.6 is 0 Å². The van der Waals surface area contributed by atoms with Crippen molar-refractivity contribution in [3.8, 4) is 0 Å². The summed E-state index contributed by atoms with van der Waals surface area (Å²) in [6.07, 6.45) is 4.25. The van der Waals surface area contributed by atoms with E-state index < -0.39 is 0 Å². The van der Waals surface area contributed by atoms with Crippen molar-refractivity contribution in [3.63, 3.8) is 0 Å².